The molecule has 0 aromatic rings. The van der Waals surface area contributed by atoms with Gasteiger partial charge in [-0.05, 0) is 12.8 Å². The second-order valence-electron chi connectivity index (χ2n) is 2.99. The number of carbonyl (C=O) groups excluding carboxylic acids is 1. The maximum atomic E-state index is 13.0. The average Bonchev–Trinajstić information content (AvgIpc) is 2.04. The van der Waals surface area contributed by atoms with Crippen LogP contribution in [0.25, 0.3) is 0 Å². The molecule has 0 aliphatic heterocycles. The molecule has 0 amide bonds. The Kier molecular flexibility index (Phi) is 3.00. The summed E-state index contributed by atoms with van der Waals surface area (Å²) in [6.45, 7) is 0. The van der Waals surface area contributed by atoms with Crippen molar-refractivity contribution in [3.63, 3.8) is 0 Å². The van der Waals surface area contributed by atoms with Crippen LogP contribution in [0.1, 0.15) is 19.3 Å². The lowest BCUT2D eigenvalue weighted by Crippen LogP contribution is -2.30. The van der Waals surface area contributed by atoms with Crippen molar-refractivity contribution < 1.29 is 13.9 Å². The lowest BCUT2D eigenvalue weighted by molar-refractivity contribution is -0.115. The molecule has 11 heavy (non-hydrogen) atoms. The zero-order chi connectivity index (χ0) is 8.27. The van der Waals surface area contributed by atoms with Crippen LogP contribution >= 0.6 is 0 Å². The van der Waals surface area contributed by atoms with Gasteiger partial charge in [0.1, 0.15) is 12.5 Å². The maximum absolute atomic E-state index is 13.0. The molecule has 1 rings (SSSR count). The molecule has 1 fully saturated rings. The van der Waals surface area contributed by atoms with Crippen LogP contribution in [0.3, 0.4) is 0 Å². The molecule has 3 unspecified atom stereocenters. The van der Waals surface area contributed by atoms with Gasteiger partial charge in [-0.15, -0.1) is 0 Å². The smallest absolute Gasteiger partial charge is 0.125 e. The summed E-state index contributed by atoms with van der Waals surface area (Å²) < 4.78 is 18.0. The molecule has 2 nitrogen and oxygen atoms in total. The van der Waals surface area contributed by atoms with E-state index in [1.54, 1.807) is 7.11 Å². The van der Waals surface area contributed by atoms with Gasteiger partial charge in [-0.25, -0.2) is 4.39 Å². The summed E-state index contributed by atoms with van der Waals surface area (Å²) >= 11 is 0. The van der Waals surface area contributed by atoms with Gasteiger partial charge in [-0.1, -0.05) is 0 Å². The molecule has 0 bridgehead atoms. The van der Waals surface area contributed by atoms with Gasteiger partial charge in [-0.3, -0.25) is 0 Å². The third-order valence-corrected chi connectivity index (χ3v) is 2.28. The molecule has 3 heteroatoms. The van der Waals surface area contributed by atoms with Crippen molar-refractivity contribution in [2.75, 3.05) is 7.11 Å². The summed E-state index contributed by atoms with van der Waals surface area (Å²) in [4.78, 5) is 10.3. The van der Waals surface area contributed by atoms with Crippen LogP contribution < -0.4 is 0 Å². The number of alkyl halides is 1. The first-order valence-electron chi connectivity index (χ1n) is 3.90. The van der Waals surface area contributed by atoms with E-state index in [0.29, 0.717) is 12.8 Å². The summed E-state index contributed by atoms with van der Waals surface area (Å²) in [6.07, 6.45) is 1.55. The second kappa shape index (κ2) is 3.81. The Balaban J connectivity index is 2.40. The van der Waals surface area contributed by atoms with Crippen LogP contribution in [-0.2, 0) is 9.53 Å². The lowest BCUT2D eigenvalue weighted by Gasteiger charge is -2.27. The number of rotatable bonds is 2. The molecule has 1 saturated carbocycles. The average molecular weight is 160 g/mol. The predicted octanol–water partition coefficient (Wildman–Crippen LogP) is 1.34. The van der Waals surface area contributed by atoms with Gasteiger partial charge in [0.25, 0.3) is 0 Å². The molecule has 0 radical (unpaired) electrons. The molecule has 1 aliphatic carbocycles. The number of hydrogen-bond acceptors (Lipinski definition) is 2. The minimum Gasteiger partial charge on any atom is -0.381 e. The van der Waals surface area contributed by atoms with Crippen LogP contribution in [0, 0.1) is 5.92 Å². The molecule has 0 heterocycles. The molecule has 64 valence electrons. The highest BCUT2D eigenvalue weighted by molar-refractivity contribution is 5.54. The fourth-order valence-corrected chi connectivity index (χ4v) is 1.47. The number of hydrogen-bond donors (Lipinski definition) is 0. The highest BCUT2D eigenvalue weighted by Crippen LogP contribution is 2.27. The summed E-state index contributed by atoms with van der Waals surface area (Å²) in [6, 6.07) is 0. The minimum absolute atomic E-state index is 0.0150. The van der Waals surface area contributed by atoms with E-state index < -0.39 is 6.17 Å². The van der Waals surface area contributed by atoms with E-state index in [1.165, 1.54) is 0 Å². The fraction of sp³-hybridized carbons (Fsp3) is 0.875. The van der Waals surface area contributed by atoms with Crippen molar-refractivity contribution in [2.24, 2.45) is 5.92 Å². The first-order valence-corrected chi connectivity index (χ1v) is 3.90. The van der Waals surface area contributed by atoms with Gasteiger partial charge in [-0.2, -0.15) is 0 Å². The van der Waals surface area contributed by atoms with Crippen LogP contribution in [0.5, 0.6) is 0 Å². The van der Waals surface area contributed by atoms with E-state index in [1.807, 2.05) is 0 Å². The van der Waals surface area contributed by atoms with Crippen molar-refractivity contribution in [1.82, 2.24) is 0 Å². The number of carbonyl (C=O) groups is 1. The Bertz CT molecular complexity index is 138. The molecular formula is C8H13FO2. The quantitative estimate of drug-likeness (QED) is 0.570. The third-order valence-electron chi connectivity index (χ3n) is 2.28. The zero-order valence-corrected chi connectivity index (χ0v) is 6.63. The van der Waals surface area contributed by atoms with Crippen molar-refractivity contribution in [1.29, 1.82) is 0 Å². The summed E-state index contributed by atoms with van der Waals surface area (Å²) in [7, 11) is 1.58. The standard InChI is InChI=1S/C8H13FO2/c1-11-7-3-2-6(5-10)8(9)4-7/h5-8H,2-4H2,1H3. The number of methoxy groups -OCH3 is 1. The Morgan fingerprint density at radius 1 is 1.55 bits per heavy atom. The van der Waals surface area contributed by atoms with Gasteiger partial charge < -0.3 is 9.53 Å². The van der Waals surface area contributed by atoms with Gasteiger partial charge in [0, 0.05) is 19.4 Å². The van der Waals surface area contributed by atoms with Gasteiger partial charge in [0.15, 0.2) is 0 Å². The highest BCUT2D eigenvalue weighted by atomic mass is 19.1. The maximum Gasteiger partial charge on any atom is 0.125 e. The Morgan fingerprint density at radius 3 is 2.73 bits per heavy atom. The topological polar surface area (TPSA) is 26.3 Å². The Hall–Kier alpha value is -0.440. The van der Waals surface area contributed by atoms with Gasteiger partial charge >= 0.3 is 0 Å². The second-order valence-corrected chi connectivity index (χ2v) is 2.99. The Morgan fingerprint density at radius 2 is 2.27 bits per heavy atom. The largest absolute Gasteiger partial charge is 0.381 e. The fourth-order valence-electron chi connectivity index (χ4n) is 1.47. The van der Waals surface area contributed by atoms with Crippen molar-refractivity contribution in [3.05, 3.63) is 0 Å². The van der Waals surface area contributed by atoms with Crippen molar-refractivity contribution >= 4 is 6.29 Å². The van der Waals surface area contributed by atoms with Crippen molar-refractivity contribution in [3.8, 4) is 0 Å². The first-order chi connectivity index (χ1) is 5.27. The van der Waals surface area contributed by atoms with E-state index in [2.05, 4.69) is 0 Å². The lowest BCUT2D eigenvalue weighted by atomic mass is 9.87. The molecule has 0 aromatic carbocycles. The van der Waals surface area contributed by atoms with Crippen LogP contribution in [-0.4, -0.2) is 25.7 Å². The summed E-state index contributed by atoms with van der Waals surface area (Å²) in [5, 5.41) is 0. The summed E-state index contributed by atoms with van der Waals surface area (Å²) in [5.41, 5.74) is 0. The molecule has 0 N–H and O–H groups in total. The minimum atomic E-state index is -0.994. The van der Waals surface area contributed by atoms with E-state index >= 15 is 0 Å². The van der Waals surface area contributed by atoms with Crippen LogP contribution in [0.4, 0.5) is 4.39 Å². The summed E-state index contributed by atoms with van der Waals surface area (Å²) in [5.74, 6) is -0.388. The van der Waals surface area contributed by atoms with Crippen LogP contribution in [0.15, 0.2) is 0 Å². The number of ether oxygens (including phenoxy) is 1. The molecule has 0 aromatic heterocycles. The van der Waals surface area contributed by atoms with E-state index in [0.717, 1.165) is 12.7 Å². The van der Waals surface area contributed by atoms with E-state index in [4.69, 9.17) is 4.74 Å². The third kappa shape index (κ3) is 1.99. The first kappa shape index (κ1) is 8.65. The molecular weight excluding hydrogens is 147 g/mol. The normalized spacial score (nSPS) is 38.5. The number of aldehydes is 1. The van der Waals surface area contributed by atoms with E-state index in [-0.39, 0.29) is 12.0 Å². The van der Waals surface area contributed by atoms with E-state index in [9.17, 15) is 9.18 Å². The highest BCUT2D eigenvalue weighted by Gasteiger charge is 2.29. The Labute approximate surface area is 65.7 Å². The molecule has 0 saturated heterocycles. The monoisotopic (exact) mass is 160 g/mol. The zero-order valence-electron chi connectivity index (χ0n) is 6.63. The predicted molar refractivity (Wildman–Crippen MR) is 39.1 cm³/mol. The van der Waals surface area contributed by atoms with Gasteiger partial charge in [0.2, 0.25) is 0 Å². The molecule has 3 atom stereocenters. The SMILES string of the molecule is COC1CCC(C=O)C(F)C1. The molecule has 0 spiro atoms. The van der Waals surface area contributed by atoms with Crippen molar-refractivity contribution in [2.45, 2.75) is 31.5 Å². The van der Waals surface area contributed by atoms with Crippen LogP contribution in [0.2, 0.25) is 0 Å². The van der Waals surface area contributed by atoms with Gasteiger partial charge in [0.05, 0.1) is 6.10 Å². The molecule has 1 aliphatic rings. The number of halogens is 1.